The van der Waals surface area contributed by atoms with Gasteiger partial charge in [0.1, 0.15) is 11.9 Å². The van der Waals surface area contributed by atoms with Crippen LogP contribution in [0.25, 0.3) is 0 Å². The van der Waals surface area contributed by atoms with Gasteiger partial charge in [0.05, 0.1) is 5.69 Å². The molecule has 118 valence electrons. The van der Waals surface area contributed by atoms with Crippen LogP contribution < -0.4 is 5.73 Å². The van der Waals surface area contributed by atoms with Crippen LogP contribution in [0.5, 0.6) is 5.75 Å². The van der Waals surface area contributed by atoms with E-state index in [1.165, 1.54) is 5.56 Å². The van der Waals surface area contributed by atoms with E-state index in [0.717, 1.165) is 17.5 Å². The van der Waals surface area contributed by atoms with Crippen LogP contribution in [0.1, 0.15) is 56.1 Å². The van der Waals surface area contributed by atoms with Gasteiger partial charge in [-0.2, -0.15) is 0 Å². The number of nitrogen functional groups attached to an aromatic ring is 1. The van der Waals surface area contributed by atoms with Crippen molar-refractivity contribution in [1.82, 2.24) is 0 Å². The fourth-order valence-electron chi connectivity index (χ4n) is 2.44. The van der Waals surface area contributed by atoms with E-state index in [4.69, 9.17) is 5.73 Å². The van der Waals surface area contributed by atoms with E-state index in [9.17, 15) is 10.2 Å². The largest absolute Gasteiger partial charge is 0.505 e. The van der Waals surface area contributed by atoms with Gasteiger partial charge in [-0.15, -0.1) is 0 Å². The Morgan fingerprint density at radius 3 is 2.18 bits per heavy atom. The van der Waals surface area contributed by atoms with Crippen molar-refractivity contribution >= 4 is 5.69 Å². The summed E-state index contributed by atoms with van der Waals surface area (Å²) in [5.74, 6) is -0.0416. The first-order valence-corrected chi connectivity index (χ1v) is 7.63. The van der Waals surface area contributed by atoms with E-state index in [1.807, 2.05) is 30.3 Å². The molecule has 0 saturated heterocycles. The maximum atomic E-state index is 10.6. The minimum atomic E-state index is -0.893. The van der Waals surface area contributed by atoms with Crippen LogP contribution in [0, 0.1) is 0 Å². The number of benzene rings is 2. The van der Waals surface area contributed by atoms with Crippen molar-refractivity contribution in [2.75, 3.05) is 5.73 Å². The average molecular weight is 299 g/mol. The van der Waals surface area contributed by atoms with Crippen LogP contribution in [0.3, 0.4) is 0 Å². The molecule has 4 N–H and O–H groups in total. The van der Waals surface area contributed by atoms with E-state index >= 15 is 0 Å². The molecule has 22 heavy (non-hydrogen) atoms. The number of hydrogen-bond acceptors (Lipinski definition) is 3. The summed E-state index contributed by atoms with van der Waals surface area (Å²) >= 11 is 0. The summed E-state index contributed by atoms with van der Waals surface area (Å²) in [6, 6.07) is 11.4. The predicted molar refractivity (Wildman–Crippen MR) is 91.1 cm³/mol. The maximum Gasteiger partial charge on any atom is 0.144 e. The Balaban J connectivity index is 2.47. The van der Waals surface area contributed by atoms with Crippen molar-refractivity contribution in [3.05, 3.63) is 58.7 Å². The predicted octanol–water partition coefficient (Wildman–Crippen LogP) is 3.92. The van der Waals surface area contributed by atoms with E-state index in [0.29, 0.717) is 11.3 Å². The minimum Gasteiger partial charge on any atom is -0.505 e. The van der Waals surface area contributed by atoms with E-state index in [2.05, 4.69) is 27.7 Å². The standard InChI is InChI=1S/C19H25NO2/c1-5-12-6-8-13(9-7-12)17(21)15-10-14(19(2,3)4)11-16(20)18(15)22/h6-11,17,21-22H,5,20H2,1-4H3. The van der Waals surface area contributed by atoms with Gasteiger partial charge in [0.2, 0.25) is 0 Å². The normalized spacial score (nSPS) is 13.1. The molecule has 3 heteroatoms. The molecule has 2 aromatic rings. The SMILES string of the molecule is CCc1ccc(C(O)c2cc(C(C)(C)C)cc(N)c2O)cc1. The highest BCUT2D eigenvalue weighted by Crippen LogP contribution is 2.37. The van der Waals surface area contributed by atoms with Gasteiger partial charge in [-0.25, -0.2) is 0 Å². The molecule has 0 aliphatic rings. The van der Waals surface area contributed by atoms with E-state index in [1.54, 1.807) is 6.07 Å². The zero-order valence-electron chi connectivity index (χ0n) is 13.7. The molecule has 2 aromatic carbocycles. The summed E-state index contributed by atoms with van der Waals surface area (Å²) in [4.78, 5) is 0. The molecule has 0 radical (unpaired) electrons. The Bertz CT molecular complexity index is 654. The molecule has 0 bridgehead atoms. The quantitative estimate of drug-likeness (QED) is 0.594. The van der Waals surface area contributed by atoms with Gasteiger partial charge in [0.15, 0.2) is 0 Å². The van der Waals surface area contributed by atoms with Crippen molar-refractivity contribution < 1.29 is 10.2 Å². The van der Waals surface area contributed by atoms with E-state index in [-0.39, 0.29) is 11.2 Å². The third-order valence-electron chi connectivity index (χ3n) is 4.03. The van der Waals surface area contributed by atoms with Gasteiger partial charge in [0, 0.05) is 5.56 Å². The molecule has 0 heterocycles. The highest BCUT2D eigenvalue weighted by molar-refractivity contribution is 5.60. The van der Waals surface area contributed by atoms with Gasteiger partial charge >= 0.3 is 0 Å². The molecule has 3 nitrogen and oxygen atoms in total. The summed E-state index contributed by atoms with van der Waals surface area (Å²) in [5, 5.41) is 20.9. The molecule has 0 aromatic heterocycles. The summed E-state index contributed by atoms with van der Waals surface area (Å²) in [6.45, 7) is 8.31. The highest BCUT2D eigenvalue weighted by atomic mass is 16.3. The number of phenols is 1. The molecule has 0 saturated carbocycles. The second kappa shape index (κ2) is 6.01. The van der Waals surface area contributed by atoms with Crippen LogP contribution >= 0.6 is 0 Å². The summed E-state index contributed by atoms with van der Waals surface area (Å²) in [6.07, 6.45) is 0.0594. The second-order valence-corrected chi connectivity index (χ2v) is 6.75. The number of aliphatic hydroxyl groups excluding tert-OH is 1. The third-order valence-corrected chi connectivity index (χ3v) is 4.03. The summed E-state index contributed by atoms with van der Waals surface area (Å²) in [7, 11) is 0. The third kappa shape index (κ3) is 3.25. The molecular formula is C19H25NO2. The smallest absolute Gasteiger partial charge is 0.144 e. The second-order valence-electron chi connectivity index (χ2n) is 6.75. The van der Waals surface area contributed by atoms with Crippen molar-refractivity contribution in [1.29, 1.82) is 0 Å². The molecular weight excluding hydrogens is 274 g/mol. The molecule has 2 rings (SSSR count). The van der Waals surface area contributed by atoms with Gasteiger partial charge < -0.3 is 15.9 Å². The number of nitrogens with two attached hydrogens (primary N) is 1. The Kier molecular flexibility index (Phi) is 4.47. The Morgan fingerprint density at radius 1 is 1.09 bits per heavy atom. The lowest BCUT2D eigenvalue weighted by molar-refractivity contribution is 0.215. The number of anilines is 1. The van der Waals surface area contributed by atoms with Crippen LogP contribution in [0.2, 0.25) is 0 Å². The first-order chi connectivity index (χ1) is 10.2. The van der Waals surface area contributed by atoms with Crippen LogP contribution in [0.4, 0.5) is 5.69 Å². The zero-order chi connectivity index (χ0) is 16.5. The van der Waals surface area contributed by atoms with Gasteiger partial charge in [-0.05, 0) is 40.7 Å². The first kappa shape index (κ1) is 16.4. The van der Waals surface area contributed by atoms with Gasteiger partial charge in [-0.3, -0.25) is 0 Å². The van der Waals surface area contributed by atoms with Crippen molar-refractivity contribution in [2.24, 2.45) is 0 Å². The molecule has 0 aliphatic heterocycles. The van der Waals surface area contributed by atoms with Gasteiger partial charge in [0.25, 0.3) is 0 Å². The van der Waals surface area contributed by atoms with Crippen molar-refractivity contribution in [3.8, 4) is 5.75 Å². The number of aromatic hydroxyl groups is 1. The molecule has 0 spiro atoms. The lowest BCUT2D eigenvalue weighted by Gasteiger charge is -2.23. The van der Waals surface area contributed by atoms with E-state index < -0.39 is 6.10 Å². The zero-order valence-corrected chi connectivity index (χ0v) is 13.7. The summed E-state index contributed by atoms with van der Waals surface area (Å²) in [5.41, 5.74) is 9.51. The number of aliphatic hydroxyl groups is 1. The molecule has 1 atom stereocenters. The topological polar surface area (TPSA) is 66.5 Å². The van der Waals surface area contributed by atoms with Gasteiger partial charge in [-0.1, -0.05) is 52.0 Å². The number of phenolic OH excluding ortho intramolecular Hbond substituents is 1. The number of rotatable bonds is 3. The van der Waals surface area contributed by atoms with Crippen LogP contribution in [-0.2, 0) is 11.8 Å². The summed E-state index contributed by atoms with van der Waals surface area (Å²) < 4.78 is 0. The van der Waals surface area contributed by atoms with Crippen LogP contribution in [-0.4, -0.2) is 10.2 Å². The fraction of sp³-hybridized carbons (Fsp3) is 0.368. The number of hydrogen-bond donors (Lipinski definition) is 3. The molecule has 0 aliphatic carbocycles. The van der Waals surface area contributed by atoms with Crippen molar-refractivity contribution in [3.63, 3.8) is 0 Å². The highest BCUT2D eigenvalue weighted by Gasteiger charge is 2.22. The molecule has 0 fully saturated rings. The molecule has 1 unspecified atom stereocenters. The van der Waals surface area contributed by atoms with Crippen LogP contribution in [0.15, 0.2) is 36.4 Å². The first-order valence-electron chi connectivity index (χ1n) is 7.63. The maximum absolute atomic E-state index is 10.6. The Labute approximate surface area is 132 Å². The lowest BCUT2D eigenvalue weighted by atomic mass is 9.84. The molecule has 0 amide bonds. The fourth-order valence-corrected chi connectivity index (χ4v) is 2.44. The Morgan fingerprint density at radius 2 is 1.68 bits per heavy atom. The minimum absolute atomic E-state index is 0.0416. The lowest BCUT2D eigenvalue weighted by Crippen LogP contribution is -2.13. The Hall–Kier alpha value is -2.00. The monoisotopic (exact) mass is 299 g/mol. The number of aryl methyl sites for hydroxylation is 1. The van der Waals surface area contributed by atoms with Crippen molar-refractivity contribution in [2.45, 2.75) is 45.6 Å². The average Bonchev–Trinajstić information content (AvgIpc) is 2.48.